The van der Waals surface area contributed by atoms with Gasteiger partial charge in [-0.25, -0.2) is 0 Å². The van der Waals surface area contributed by atoms with Gasteiger partial charge in [-0.3, -0.25) is 0 Å². The summed E-state index contributed by atoms with van der Waals surface area (Å²) in [5.41, 5.74) is 0. The molecule has 1 aliphatic heterocycles. The van der Waals surface area contributed by atoms with Crippen LogP contribution < -0.4 is 0 Å². The Labute approximate surface area is 98.1 Å². The SMILES string of the molecule is CCC#CCCO[C@@H]1OC(C)CC(C)[C@H]1O. The minimum absolute atomic E-state index is 0.158. The standard InChI is InChI=1S/C13H22O3/c1-4-5-6-7-8-15-13-12(14)10(2)9-11(3)16-13/h10-14H,4,7-9H2,1-3H3/t10?,11?,12-,13-/m1/s1. The summed E-state index contributed by atoms with van der Waals surface area (Å²) in [4.78, 5) is 0. The van der Waals surface area contributed by atoms with Crippen molar-refractivity contribution >= 4 is 0 Å². The third kappa shape index (κ3) is 4.13. The third-order valence-electron chi connectivity index (χ3n) is 2.74. The molecule has 4 atom stereocenters. The Morgan fingerprint density at radius 3 is 2.81 bits per heavy atom. The monoisotopic (exact) mass is 226 g/mol. The molecule has 0 saturated carbocycles. The third-order valence-corrected chi connectivity index (χ3v) is 2.74. The van der Waals surface area contributed by atoms with Gasteiger partial charge in [-0.2, -0.15) is 0 Å². The Balaban J connectivity index is 2.29. The molecule has 1 saturated heterocycles. The predicted octanol–water partition coefficient (Wildman–Crippen LogP) is 1.94. The lowest BCUT2D eigenvalue weighted by Gasteiger charge is -2.36. The van der Waals surface area contributed by atoms with E-state index in [2.05, 4.69) is 11.8 Å². The molecule has 1 rings (SSSR count). The quantitative estimate of drug-likeness (QED) is 0.590. The molecule has 0 aromatic heterocycles. The number of ether oxygens (including phenoxy) is 2. The fourth-order valence-corrected chi connectivity index (χ4v) is 1.87. The number of hydrogen-bond acceptors (Lipinski definition) is 3. The zero-order valence-corrected chi connectivity index (χ0v) is 10.4. The second kappa shape index (κ2) is 6.90. The lowest BCUT2D eigenvalue weighted by molar-refractivity contribution is -0.250. The van der Waals surface area contributed by atoms with Crippen molar-refractivity contribution < 1.29 is 14.6 Å². The Bertz CT molecular complexity index is 254. The van der Waals surface area contributed by atoms with Gasteiger partial charge in [0.05, 0.1) is 12.7 Å². The summed E-state index contributed by atoms with van der Waals surface area (Å²) in [6.07, 6.45) is 1.61. The maximum atomic E-state index is 9.87. The predicted molar refractivity (Wildman–Crippen MR) is 62.8 cm³/mol. The van der Waals surface area contributed by atoms with Gasteiger partial charge < -0.3 is 14.6 Å². The summed E-state index contributed by atoms with van der Waals surface area (Å²) in [6.45, 7) is 6.58. The lowest BCUT2D eigenvalue weighted by atomic mass is 9.95. The van der Waals surface area contributed by atoms with Gasteiger partial charge in [-0.05, 0) is 19.3 Å². The Hall–Kier alpha value is -0.560. The first-order chi connectivity index (χ1) is 7.65. The fourth-order valence-electron chi connectivity index (χ4n) is 1.87. The largest absolute Gasteiger partial charge is 0.388 e. The number of rotatable bonds is 3. The van der Waals surface area contributed by atoms with Gasteiger partial charge in [-0.1, -0.05) is 13.8 Å². The zero-order chi connectivity index (χ0) is 12.0. The molecule has 0 spiro atoms. The molecule has 3 nitrogen and oxygen atoms in total. The molecule has 1 aliphatic rings. The summed E-state index contributed by atoms with van der Waals surface area (Å²) in [6, 6.07) is 0. The fraction of sp³-hybridized carbons (Fsp3) is 0.846. The van der Waals surface area contributed by atoms with Gasteiger partial charge >= 0.3 is 0 Å². The van der Waals surface area contributed by atoms with Crippen LogP contribution in [0.25, 0.3) is 0 Å². The zero-order valence-electron chi connectivity index (χ0n) is 10.4. The second-order valence-corrected chi connectivity index (χ2v) is 4.35. The van der Waals surface area contributed by atoms with Crippen LogP contribution in [0, 0.1) is 17.8 Å². The maximum absolute atomic E-state index is 9.87. The van der Waals surface area contributed by atoms with Crippen molar-refractivity contribution in [3.8, 4) is 11.8 Å². The topological polar surface area (TPSA) is 38.7 Å². The van der Waals surface area contributed by atoms with Crippen molar-refractivity contribution in [3.05, 3.63) is 0 Å². The van der Waals surface area contributed by atoms with Gasteiger partial charge in [-0.15, -0.1) is 11.8 Å². The van der Waals surface area contributed by atoms with E-state index in [1.807, 2.05) is 20.8 Å². The first-order valence-corrected chi connectivity index (χ1v) is 6.06. The van der Waals surface area contributed by atoms with Gasteiger partial charge in [0.2, 0.25) is 0 Å². The highest BCUT2D eigenvalue weighted by Gasteiger charge is 2.33. The average molecular weight is 226 g/mol. The molecule has 1 heterocycles. The molecule has 1 fully saturated rings. The highest BCUT2D eigenvalue weighted by Crippen LogP contribution is 2.25. The van der Waals surface area contributed by atoms with Gasteiger partial charge in [0.15, 0.2) is 6.29 Å². The molecule has 0 aliphatic carbocycles. The van der Waals surface area contributed by atoms with Crippen LogP contribution in [0.3, 0.4) is 0 Å². The summed E-state index contributed by atoms with van der Waals surface area (Å²) >= 11 is 0. The summed E-state index contributed by atoms with van der Waals surface area (Å²) in [7, 11) is 0. The molecule has 0 aromatic carbocycles. The highest BCUT2D eigenvalue weighted by atomic mass is 16.7. The van der Waals surface area contributed by atoms with E-state index in [0.717, 1.165) is 12.8 Å². The van der Waals surface area contributed by atoms with Crippen LogP contribution >= 0.6 is 0 Å². The molecule has 0 aromatic rings. The summed E-state index contributed by atoms with van der Waals surface area (Å²) in [5.74, 6) is 6.21. The van der Waals surface area contributed by atoms with E-state index in [1.54, 1.807) is 0 Å². The first kappa shape index (κ1) is 13.5. The van der Waals surface area contributed by atoms with E-state index in [4.69, 9.17) is 9.47 Å². The van der Waals surface area contributed by atoms with Crippen molar-refractivity contribution in [2.75, 3.05) is 6.61 Å². The molecule has 0 amide bonds. The molecule has 2 unspecified atom stereocenters. The van der Waals surface area contributed by atoms with Crippen LogP contribution in [0.15, 0.2) is 0 Å². The van der Waals surface area contributed by atoms with E-state index in [0.29, 0.717) is 13.0 Å². The molecular formula is C13H22O3. The molecule has 1 N–H and O–H groups in total. The van der Waals surface area contributed by atoms with Crippen LogP contribution in [0.2, 0.25) is 0 Å². The summed E-state index contributed by atoms with van der Waals surface area (Å²) < 4.78 is 11.1. The second-order valence-electron chi connectivity index (χ2n) is 4.35. The molecule has 0 bridgehead atoms. The van der Waals surface area contributed by atoms with Crippen molar-refractivity contribution in [1.82, 2.24) is 0 Å². The lowest BCUT2D eigenvalue weighted by Crippen LogP contribution is -2.44. The molecule has 3 heteroatoms. The Morgan fingerprint density at radius 2 is 2.12 bits per heavy atom. The van der Waals surface area contributed by atoms with E-state index < -0.39 is 12.4 Å². The minimum Gasteiger partial charge on any atom is -0.388 e. The minimum atomic E-state index is -0.518. The Kier molecular flexibility index (Phi) is 5.83. The average Bonchev–Trinajstić information content (AvgIpc) is 2.24. The van der Waals surface area contributed by atoms with Crippen molar-refractivity contribution in [2.24, 2.45) is 5.92 Å². The number of aliphatic hydroxyl groups excluding tert-OH is 1. The molecule has 92 valence electrons. The van der Waals surface area contributed by atoms with Crippen LogP contribution in [0.4, 0.5) is 0 Å². The van der Waals surface area contributed by atoms with E-state index >= 15 is 0 Å². The van der Waals surface area contributed by atoms with Gasteiger partial charge in [0.25, 0.3) is 0 Å². The van der Waals surface area contributed by atoms with Gasteiger partial charge in [0, 0.05) is 12.8 Å². The molecule has 16 heavy (non-hydrogen) atoms. The van der Waals surface area contributed by atoms with E-state index in [9.17, 15) is 5.11 Å². The van der Waals surface area contributed by atoms with E-state index in [1.165, 1.54) is 0 Å². The smallest absolute Gasteiger partial charge is 0.184 e. The molecular weight excluding hydrogens is 204 g/mol. The van der Waals surface area contributed by atoms with Crippen LogP contribution in [-0.2, 0) is 9.47 Å². The van der Waals surface area contributed by atoms with Crippen molar-refractivity contribution in [2.45, 2.75) is 58.5 Å². The first-order valence-electron chi connectivity index (χ1n) is 6.06. The Morgan fingerprint density at radius 1 is 1.38 bits per heavy atom. The van der Waals surface area contributed by atoms with Crippen molar-refractivity contribution in [3.63, 3.8) is 0 Å². The van der Waals surface area contributed by atoms with Crippen molar-refractivity contribution in [1.29, 1.82) is 0 Å². The van der Waals surface area contributed by atoms with Gasteiger partial charge in [0.1, 0.15) is 6.10 Å². The maximum Gasteiger partial charge on any atom is 0.184 e. The summed E-state index contributed by atoms with van der Waals surface area (Å²) in [5, 5.41) is 9.87. The number of hydrogen-bond donors (Lipinski definition) is 1. The number of aliphatic hydroxyl groups is 1. The van der Waals surface area contributed by atoms with Crippen LogP contribution in [-0.4, -0.2) is 30.2 Å². The molecule has 0 radical (unpaired) electrons. The van der Waals surface area contributed by atoms with Crippen LogP contribution in [0.5, 0.6) is 0 Å². The highest BCUT2D eigenvalue weighted by molar-refractivity contribution is 4.97. The van der Waals surface area contributed by atoms with Crippen LogP contribution in [0.1, 0.15) is 40.0 Å². The normalized spacial score (nSPS) is 34.2. The van der Waals surface area contributed by atoms with E-state index in [-0.39, 0.29) is 12.0 Å².